The Morgan fingerprint density at radius 3 is 1.69 bits per heavy atom. The number of hydrogen-bond acceptors (Lipinski definition) is 0. The van der Waals surface area contributed by atoms with Crippen LogP contribution >= 0.6 is 0 Å². The molecule has 0 spiro atoms. The molecule has 0 radical (unpaired) electrons. The number of nitrogens with zero attached hydrogens (tertiary/aromatic N) is 2. The lowest BCUT2D eigenvalue weighted by atomic mass is 10.1. The molecule has 1 heterocycles. The molecule has 0 aromatic carbocycles. The van der Waals surface area contributed by atoms with Crippen molar-refractivity contribution in [3.05, 3.63) is 18.2 Å². The summed E-state index contributed by atoms with van der Waals surface area (Å²) < 4.78 is 5.02. The average molecular weight is 364 g/mol. The lowest BCUT2D eigenvalue weighted by Gasteiger charge is -2.05. The van der Waals surface area contributed by atoms with Crippen molar-refractivity contribution in [3.63, 3.8) is 0 Å². The first kappa shape index (κ1) is 23.2. The van der Waals surface area contributed by atoms with Gasteiger partial charge in [-0.2, -0.15) is 0 Å². The highest BCUT2D eigenvalue weighted by molar-refractivity contribution is 4.83. The van der Waals surface area contributed by atoms with Gasteiger partial charge in [0.2, 0.25) is 0 Å². The van der Waals surface area contributed by atoms with Gasteiger partial charge in [0.15, 0.2) is 0 Å². The molecule has 1 aromatic heterocycles. The monoisotopic (exact) mass is 363 g/mol. The van der Waals surface area contributed by atoms with Crippen LogP contribution in [0.5, 0.6) is 0 Å². The van der Waals surface area contributed by atoms with Gasteiger partial charge in [0.25, 0.3) is 5.82 Å². The SMILES string of the molecule is CCCCCCCCCCC[n+]1ccn(CCCCCCCC)c1CC. The molecule has 0 N–H and O–H groups in total. The standard InChI is InChI=1S/C24H47N2/c1-4-7-9-11-13-14-15-17-19-21-26-23-22-25(24(26)6-3)20-18-16-12-10-8-5-2/h22-23H,4-21H2,1-3H3/q+1. The van der Waals surface area contributed by atoms with Crippen LogP contribution in [0.15, 0.2) is 12.4 Å². The first-order valence-corrected chi connectivity index (χ1v) is 11.9. The number of aryl methyl sites for hydroxylation is 2. The van der Waals surface area contributed by atoms with E-state index in [1.165, 1.54) is 115 Å². The molecule has 0 aliphatic carbocycles. The zero-order valence-electron chi connectivity index (χ0n) is 18.3. The lowest BCUT2D eigenvalue weighted by Crippen LogP contribution is -2.37. The summed E-state index contributed by atoms with van der Waals surface area (Å²) in [6.45, 7) is 9.31. The van der Waals surface area contributed by atoms with E-state index in [1.807, 2.05) is 0 Å². The molecule has 152 valence electrons. The molecule has 0 saturated heterocycles. The molecule has 0 aliphatic heterocycles. The maximum absolute atomic E-state index is 2.51. The highest BCUT2D eigenvalue weighted by Crippen LogP contribution is 2.10. The summed E-state index contributed by atoms with van der Waals surface area (Å²) in [5.74, 6) is 1.53. The van der Waals surface area contributed by atoms with E-state index in [4.69, 9.17) is 0 Å². The van der Waals surface area contributed by atoms with Crippen LogP contribution < -0.4 is 4.57 Å². The van der Waals surface area contributed by atoms with Crippen LogP contribution in [0.2, 0.25) is 0 Å². The van der Waals surface area contributed by atoms with E-state index in [2.05, 4.69) is 42.3 Å². The molecular formula is C24H47N2+. The maximum atomic E-state index is 2.51. The van der Waals surface area contributed by atoms with Crippen LogP contribution in [0.4, 0.5) is 0 Å². The van der Waals surface area contributed by atoms with Gasteiger partial charge in [-0.25, -0.2) is 9.13 Å². The Morgan fingerprint density at radius 2 is 1.15 bits per heavy atom. The quantitative estimate of drug-likeness (QED) is 0.192. The number of unbranched alkanes of at least 4 members (excludes halogenated alkanes) is 13. The van der Waals surface area contributed by atoms with E-state index >= 15 is 0 Å². The minimum Gasteiger partial charge on any atom is -0.234 e. The minimum atomic E-state index is 1.15. The van der Waals surface area contributed by atoms with E-state index in [-0.39, 0.29) is 0 Å². The van der Waals surface area contributed by atoms with Crippen molar-refractivity contribution in [2.24, 2.45) is 0 Å². The summed E-state index contributed by atoms with van der Waals surface area (Å²) in [7, 11) is 0. The number of aromatic nitrogens is 2. The zero-order chi connectivity index (χ0) is 18.9. The van der Waals surface area contributed by atoms with Crippen molar-refractivity contribution in [1.82, 2.24) is 4.57 Å². The molecule has 0 aliphatic rings. The topological polar surface area (TPSA) is 8.81 Å². The Kier molecular flexibility index (Phi) is 14.7. The molecule has 0 saturated carbocycles. The van der Waals surface area contributed by atoms with Gasteiger partial charge in [0.05, 0.1) is 13.1 Å². The second-order valence-electron chi connectivity index (χ2n) is 8.05. The fourth-order valence-electron chi connectivity index (χ4n) is 3.97. The van der Waals surface area contributed by atoms with Gasteiger partial charge < -0.3 is 0 Å². The third kappa shape index (κ3) is 10.4. The largest absolute Gasteiger partial charge is 0.256 e. The third-order valence-electron chi connectivity index (χ3n) is 5.66. The van der Waals surface area contributed by atoms with Crippen LogP contribution in [0.25, 0.3) is 0 Å². The molecule has 0 amide bonds. The summed E-state index contributed by atoms with van der Waals surface area (Å²) in [4.78, 5) is 0. The summed E-state index contributed by atoms with van der Waals surface area (Å²) in [6.07, 6.45) is 26.8. The average Bonchev–Trinajstić information content (AvgIpc) is 3.05. The molecule has 0 fully saturated rings. The molecule has 1 rings (SSSR count). The van der Waals surface area contributed by atoms with Gasteiger partial charge >= 0.3 is 0 Å². The van der Waals surface area contributed by atoms with E-state index in [0.717, 1.165) is 6.42 Å². The Bertz CT molecular complexity index is 422. The third-order valence-corrected chi connectivity index (χ3v) is 5.66. The summed E-state index contributed by atoms with van der Waals surface area (Å²) in [6, 6.07) is 0. The Balaban J connectivity index is 2.15. The highest BCUT2D eigenvalue weighted by Gasteiger charge is 2.14. The van der Waals surface area contributed by atoms with Gasteiger partial charge in [-0.05, 0) is 25.7 Å². The molecule has 26 heavy (non-hydrogen) atoms. The molecule has 0 unspecified atom stereocenters. The number of hydrogen-bond donors (Lipinski definition) is 0. The number of rotatable bonds is 18. The van der Waals surface area contributed by atoms with E-state index in [9.17, 15) is 0 Å². The second kappa shape index (κ2) is 16.4. The van der Waals surface area contributed by atoms with Crippen LogP contribution in [-0.4, -0.2) is 4.57 Å². The predicted molar refractivity (Wildman–Crippen MR) is 115 cm³/mol. The summed E-state index contributed by atoms with van der Waals surface area (Å²) in [5.41, 5.74) is 0. The molecule has 0 bridgehead atoms. The predicted octanol–water partition coefficient (Wildman–Crippen LogP) is 7.23. The van der Waals surface area contributed by atoms with Crippen molar-refractivity contribution in [1.29, 1.82) is 0 Å². The minimum absolute atomic E-state index is 1.15. The van der Waals surface area contributed by atoms with Crippen molar-refractivity contribution in [2.45, 2.75) is 137 Å². The normalized spacial score (nSPS) is 11.3. The van der Waals surface area contributed by atoms with Gasteiger partial charge in [-0.3, -0.25) is 0 Å². The van der Waals surface area contributed by atoms with Gasteiger partial charge in [0, 0.05) is 6.42 Å². The van der Waals surface area contributed by atoms with Gasteiger partial charge in [-0.15, -0.1) is 0 Å². The molecular weight excluding hydrogens is 316 g/mol. The smallest absolute Gasteiger partial charge is 0.234 e. The summed E-state index contributed by atoms with van der Waals surface area (Å²) >= 11 is 0. The van der Waals surface area contributed by atoms with Gasteiger partial charge in [-0.1, -0.05) is 91.4 Å². The Labute approximate surface area is 164 Å². The highest BCUT2D eigenvalue weighted by atomic mass is 15.1. The Morgan fingerprint density at radius 1 is 0.654 bits per heavy atom. The van der Waals surface area contributed by atoms with Gasteiger partial charge in [0.1, 0.15) is 12.4 Å². The molecule has 2 heteroatoms. The maximum Gasteiger partial charge on any atom is 0.256 e. The molecule has 0 atom stereocenters. The molecule has 2 nitrogen and oxygen atoms in total. The van der Waals surface area contributed by atoms with Crippen molar-refractivity contribution < 1.29 is 4.57 Å². The van der Waals surface area contributed by atoms with Crippen LogP contribution in [0.1, 0.15) is 123 Å². The van der Waals surface area contributed by atoms with Crippen LogP contribution in [-0.2, 0) is 19.5 Å². The van der Waals surface area contributed by atoms with E-state index < -0.39 is 0 Å². The summed E-state index contributed by atoms with van der Waals surface area (Å²) in [5, 5.41) is 0. The second-order valence-corrected chi connectivity index (χ2v) is 8.05. The Hall–Kier alpha value is -0.790. The molecule has 1 aromatic rings. The first-order chi connectivity index (χ1) is 12.8. The van der Waals surface area contributed by atoms with E-state index in [0.29, 0.717) is 0 Å². The van der Waals surface area contributed by atoms with Crippen molar-refractivity contribution in [2.75, 3.05) is 0 Å². The first-order valence-electron chi connectivity index (χ1n) is 11.9. The lowest BCUT2D eigenvalue weighted by molar-refractivity contribution is -0.704. The number of imidazole rings is 1. The fraction of sp³-hybridized carbons (Fsp3) is 0.875. The van der Waals surface area contributed by atoms with Crippen LogP contribution in [0, 0.1) is 0 Å². The fourth-order valence-corrected chi connectivity index (χ4v) is 3.97. The van der Waals surface area contributed by atoms with Crippen molar-refractivity contribution >= 4 is 0 Å². The zero-order valence-corrected chi connectivity index (χ0v) is 18.3. The van der Waals surface area contributed by atoms with Crippen molar-refractivity contribution in [3.8, 4) is 0 Å². The van der Waals surface area contributed by atoms with Crippen LogP contribution in [0.3, 0.4) is 0 Å². The van der Waals surface area contributed by atoms with E-state index in [1.54, 1.807) is 0 Å².